The topological polar surface area (TPSA) is 51.8 Å². The van der Waals surface area contributed by atoms with Crippen LogP contribution in [0.4, 0.5) is 0 Å². The van der Waals surface area contributed by atoms with E-state index < -0.39 is 0 Å². The molecule has 0 radical (unpaired) electrons. The number of furan rings is 1. The second-order valence-electron chi connectivity index (χ2n) is 15.1. The fourth-order valence-corrected chi connectivity index (χ4v) is 9.94. The van der Waals surface area contributed by atoms with Gasteiger partial charge in [-0.3, -0.25) is 0 Å². The van der Waals surface area contributed by atoms with Crippen LogP contribution < -0.4 is 0 Å². The van der Waals surface area contributed by atoms with Crippen molar-refractivity contribution in [3.05, 3.63) is 200 Å². The lowest BCUT2D eigenvalue weighted by atomic mass is 9.95. The van der Waals surface area contributed by atoms with E-state index in [-0.39, 0.29) is 0 Å². The van der Waals surface area contributed by atoms with Crippen molar-refractivity contribution in [1.82, 2.24) is 15.0 Å². The summed E-state index contributed by atoms with van der Waals surface area (Å²) in [5.74, 6) is 1.79. The molecule has 9 aromatic carbocycles. The van der Waals surface area contributed by atoms with Gasteiger partial charge in [0.1, 0.15) is 11.2 Å². The highest BCUT2D eigenvalue weighted by atomic mass is 32.1. The van der Waals surface area contributed by atoms with E-state index in [4.69, 9.17) is 19.4 Å². The van der Waals surface area contributed by atoms with Gasteiger partial charge in [0, 0.05) is 47.6 Å². The molecule has 0 aliphatic carbocycles. The van der Waals surface area contributed by atoms with E-state index in [2.05, 4.69) is 176 Å². The molecule has 0 N–H and O–H groups in total. The SMILES string of the molecule is c1ccc(-c2cc(-c3ccccc3)cc(-c3nc(-c4ccc5c(c4)sc4c6ccccc6ccc54)nc(-c4cccc5oc6cccc(-c7ccccc7)c6c45)n3)c2)cc1. The van der Waals surface area contributed by atoms with Crippen LogP contribution in [0.2, 0.25) is 0 Å². The molecule has 0 unspecified atom stereocenters. The Morgan fingerprint density at radius 3 is 1.58 bits per heavy atom. The molecule has 0 amide bonds. The quantitative estimate of drug-likeness (QED) is 0.169. The molecule has 0 saturated heterocycles. The van der Waals surface area contributed by atoms with Crippen molar-refractivity contribution in [3.63, 3.8) is 0 Å². The molecule has 60 heavy (non-hydrogen) atoms. The van der Waals surface area contributed by atoms with Crippen LogP contribution in [0.25, 0.3) is 120 Å². The smallest absolute Gasteiger partial charge is 0.164 e. The average Bonchev–Trinajstić information content (AvgIpc) is 3.91. The maximum Gasteiger partial charge on any atom is 0.164 e. The molecule has 0 saturated carbocycles. The third kappa shape index (κ3) is 5.78. The van der Waals surface area contributed by atoms with Crippen molar-refractivity contribution in [2.75, 3.05) is 0 Å². The zero-order chi connectivity index (χ0) is 39.6. The fourth-order valence-electron chi connectivity index (χ4n) is 8.66. The number of hydrogen-bond donors (Lipinski definition) is 0. The van der Waals surface area contributed by atoms with Crippen molar-refractivity contribution >= 4 is 64.2 Å². The summed E-state index contributed by atoms with van der Waals surface area (Å²) in [6.45, 7) is 0. The summed E-state index contributed by atoms with van der Waals surface area (Å²) < 4.78 is 9.05. The van der Waals surface area contributed by atoms with Crippen molar-refractivity contribution in [1.29, 1.82) is 0 Å². The normalized spacial score (nSPS) is 11.7. The Balaban J connectivity index is 1.12. The van der Waals surface area contributed by atoms with Gasteiger partial charge in [-0.05, 0) is 80.6 Å². The predicted octanol–water partition coefficient (Wildman–Crippen LogP) is 15.3. The largest absolute Gasteiger partial charge is 0.456 e. The summed E-state index contributed by atoms with van der Waals surface area (Å²) >= 11 is 1.82. The Bertz CT molecular complexity index is 3540. The number of hydrogen-bond acceptors (Lipinski definition) is 5. The monoisotopic (exact) mass is 783 g/mol. The summed E-state index contributed by atoms with van der Waals surface area (Å²) in [7, 11) is 0. The Labute approximate surface area is 349 Å². The van der Waals surface area contributed by atoms with Gasteiger partial charge in [-0.15, -0.1) is 11.3 Å². The lowest BCUT2D eigenvalue weighted by Gasteiger charge is -2.13. The first-order valence-corrected chi connectivity index (χ1v) is 20.9. The first kappa shape index (κ1) is 34.3. The minimum atomic E-state index is 0.583. The Morgan fingerprint density at radius 2 is 0.883 bits per heavy atom. The minimum absolute atomic E-state index is 0.583. The molecular formula is C55H33N3OS. The number of benzene rings is 9. The van der Waals surface area contributed by atoms with Crippen molar-refractivity contribution in [2.45, 2.75) is 0 Å². The standard InChI is InChI=1S/C55H33N3OS/c1-4-14-34(15-5-1)39-30-40(35-16-6-2-7-17-35)32-41(31-39)54-56-53(38-27-28-44-45-29-26-37-20-10-11-21-43(37)52(45)60-49(44)33-38)57-55(58-54)46-23-13-25-48-51(46)50-42(22-12-24-47(50)59-48)36-18-8-3-9-19-36/h1-33H. The van der Waals surface area contributed by atoms with Gasteiger partial charge < -0.3 is 4.42 Å². The van der Waals surface area contributed by atoms with Crippen LogP contribution >= 0.6 is 11.3 Å². The first-order valence-electron chi connectivity index (χ1n) is 20.1. The van der Waals surface area contributed by atoms with E-state index in [0.29, 0.717) is 17.5 Å². The second kappa shape index (κ2) is 14.0. The van der Waals surface area contributed by atoms with E-state index in [9.17, 15) is 0 Å². The number of fused-ring (bicyclic) bond motifs is 8. The van der Waals surface area contributed by atoms with Gasteiger partial charge in [0.2, 0.25) is 0 Å². The third-order valence-electron chi connectivity index (χ3n) is 11.5. The lowest BCUT2D eigenvalue weighted by Crippen LogP contribution is -2.01. The molecule has 12 rings (SSSR count). The first-order chi connectivity index (χ1) is 29.7. The van der Waals surface area contributed by atoms with Gasteiger partial charge in [-0.2, -0.15) is 0 Å². The highest BCUT2D eigenvalue weighted by Gasteiger charge is 2.21. The van der Waals surface area contributed by atoms with E-state index in [1.54, 1.807) is 0 Å². The van der Waals surface area contributed by atoms with Crippen LogP contribution in [0.1, 0.15) is 0 Å². The molecule has 0 bridgehead atoms. The van der Waals surface area contributed by atoms with Crippen molar-refractivity contribution in [2.24, 2.45) is 0 Å². The maximum atomic E-state index is 6.57. The molecule has 0 fully saturated rings. The molecule has 0 spiro atoms. The fraction of sp³-hybridized carbons (Fsp3) is 0. The van der Waals surface area contributed by atoms with Crippen LogP contribution in [0.15, 0.2) is 205 Å². The Hall–Kier alpha value is -7.73. The highest BCUT2D eigenvalue weighted by Crippen LogP contribution is 2.43. The van der Waals surface area contributed by atoms with Crippen molar-refractivity contribution in [3.8, 4) is 67.5 Å². The van der Waals surface area contributed by atoms with E-state index in [1.165, 1.54) is 30.9 Å². The number of nitrogens with zero attached hydrogens (tertiary/aromatic N) is 3. The summed E-state index contributed by atoms with van der Waals surface area (Å²) in [4.78, 5) is 16.1. The zero-order valence-corrected chi connectivity index (χ0v) is 33.0. The van der Waals surface area contributed by atoms with Crippen LogP contribution in [0, 0.1) is 0 Å². The average molecular weight is 784 g/mol. The summed E-state index contributed by atoms with van der Waals surface area (Å²) in [5.41, 5.74) is 11.0. The third-order valence-corrected chi connectivity index (χ3v) is 12.7. The maximum absolute atomic E-state index is 6.57. The van der Waals surface area contributed by atoms with Crippen LogP contribution in [-0.2, 0) is 0 Å². The summed E-state index contributed by atoms with van der Waals surface area (Å²) in [6.07, 6.45) is 0. The number of aromatic nitrogens is 3. The molecule has 280 valence electrons. The van der Waals surface area contributed by atoms with E-state index in [1.807, 2.05) is 35.6 Å². The van der Waals surface area contributed by atoms with Crippen molar-refractivity contribution < 1.29 is 4.42 Å². The molecule has 12 aromatic rings. The van der Waals surface area contributed by atoms with Gasteiger partial charge in [-0.1, -0.05) is 164 Å². The highest BCUT2D eigenvalue weighted by molar-refractivity contribution is 7.26. The molecule has 4 nitrogen and oxygen atoms in total. The van der Waals surface area contributed by atoms with E-state index >= 15 is 0 Å². The lowest BCUT2D eigenvalue weighted by molar-refractivity contribution is 0.669. The molecule has 0 atom stereocenters. The Morgan fingerprint density at radius 1 is 0.333 bits per heavy atom. The second-order valence-corrected chi connectivity index (χ2v) is 16.2. The zero-order valence-electron chi connectivity index (χ0n) is 32.2. The van der Waals surface area contributed by atoms with Crippen LogP contribution in [0.5, 0.6) is 0 Å². The molecule has 3 heterocycles. The summed E-state index contributed by atoms with van der Waals surface area (Å²) in [5, 5.41) is 7.01. The predicted molar refractivity (Wildman–Crippen MR) is 250 cm³/mol. The number of thiophene rings is 1. The van der Waals surface area contributed by atoms with Crippen LogP contribution in [0.3, 0.4) is 0 Å². The Kier molecular flexibility index (Phi) is 8.00. The molecule has 3 aromatic heterocycles. The summed E-state index contributed by atoms with van der Waals surface area (Å²) in [6, 6.07) is 70.3. The molecule has 0 aliphatic rings. The van der Waals surface area contributed by atoms with E-state index in [0.717, 1.165) is 72.0 Å². The molecule has 0 aliphatic heterocycles. The molecule has 5 heteroatoms. The van der Waals surface area contributed by atoms with Gasteiger partial charge in [-0.25, -0.2) is 15.0 Å². The van der Waals surface area contributed by atoms with Gasteiger partial charge in [0.05, 0.1) is 0 Å². The van der Waals surface area contributed by atoms with Gasteiger partial charge in [0.25, 0.3) is 0 Å². The minimum Gasteiger partial charge on any atom is -0.456 e. The van der Waals surface area contributed by atoms with Gasteiger partial charge in [0.15, 0.2) is 17.5 Å². The number of rotatable bonds is 6. The molecular weight excluding hydrogens is 751 g/mol. The van der Waals surface area contributed by atoms with Crippen LogP contribution in [-0.4, -0.2) is 15.0 Å². The van der Waals surface area contributed by atoms with Gasteiger partial charge >= 0.3 is 0 Å².